The summed E-state index contributed by atoms with van der Waals surface area (Å²) in [6, 6.07) is 14.4. The van der Waals surface area contributed by atoms with E-state index < -0.39 is 4.92 Å². The Labute approximate surface area is 139 Å². The first-order valence-electron chi connectivity index (χ1n) is 7.19. The molecule has 2 aromatic carbocycles. The largest absolute Gasteiger partial charge is 0.325 e. The molecule has 1 atom stereocenters. The van der Waals surface area contributed by atoms with Crippen LogP contribution in [0.15, 0.2) is 48.5 Å². The maximum Gasteiger partial charge on any atom is 0.271 e. The maximum atomic E-state index is 12.3. The summed E-state index contributed by atoms with van der Waals surface area (Å²) in [6.07, 6.45) is 0. The molecule has 0 saturated heterocycles. The topological polar surface area (TPSA) is 72.2 Å². The van der Waals surface area contributed by atoms with Crippen molar-refractivity contribution in [1.82, 2.24) is 0 Å². The van der Waals surface area contributed by atoms with Gasteiger partial charge in [-0.2, -0.15) is 0 Å². The minimum atomic E-state index is -0.470. The summed E-state index contributed by atoms with van der Waals surface area (Å²) in [5, 5.41) is 13.4. The smallest absolute Gasteiger partial charge is 0.271 e. The van der Waals surface area contributed by atoms with Gasteiger partial charge < -0.3 is 5.32 Å². The highest BCUT2D eigenvalue weighted by Gasteiger charge is 2.16. The molecule has 5 nitrogen and oxygen atoms in total. The van der Waals surface area contributed by atoms with Gasteiger partial charge in [-0.25, -0.2) is 0 Å². The minimum absolute atomic E-state index is 0.0320. The summed E-state index contributed by atoms with van der Waals surface area (Å²) in [6.45, 7) is 3.64. The number of carbonyl (C=O) groups excluding carboxylic acids is 1. The molecule has 0 spiro atoms. The summed E-state index contributed by atoms with van der Waals surface area (Å²) in [5.74, 6) is 0.582. The normalized spacial score (nSPS) is 11.7. The van der Waals surface area contributed by atoms with Crippen molar-refractivity contribution in [2.75, 3.05) is 5.32 Å². The quantitative estimate of drug-likeness (QED) is 0.637. The zero-order valence-corrected chi connectivity index (χ0v) is 13.8. The number of aryl methyl sites for hydroxylation is 1. The lowest BCUT2D eigenvalue weighted by Crippen LogP contribution is -2.23. The second-order valence-electron chi connectivity index (χ2n) is 5.18. The first kappa shape index (κ1) is 17.0. The van der Waals surface area contributed by atoms with E-state index in [2.05, 4.69) is 5.32 Å². The molecule has 0 bridgehead atoms. The van der Waals surface area contributed by atoms with Crippen molar-refractivity contribution < 1.29 is 9.72 Å². The average Bonchev–Trinajstić information content (AvgIpc) is 2.55. The molecule has 2 rings (SSSR count). The number of hydrogen-bond acceptors (Lipinski definition) is 4. The highest BCUT2D eigenvalue weighted by molar-refractivity contribution is 7.99. The van der Waals surface area contributed by atoms with Crippen molar-refractivity contribution in [1.29, 1.82) is 0 Å². The van der Waals surface area contributed by atoms with E-state index in [4.69, 9.17) is 0 Å². The van der Waals surface area contributed by atoms with E-state index in [1.165, 1.54) is 23.9 Å². The third kappa shape index (κ3) is 4.82. The molecule has 0 saturated carbocycles. The van der Waals surface area contributed by atoms with Crippen molar-refractivity contribution in [2.45, 2.75) is 24.9 Å². The SMILES string of the molecule is Cc1ccc([N+](=O)[O-])cc1NC(=O)[C@@H](C)SCc1ccccc1. The van der Waals surface area contributed by atoms with Crippen LogP contribution in [0.2, 0.25) is 0 Å². The highest BCUT2D eigenvalue weighted by atomic mass is 32.2. The fraction of sp³-hybridized carbons (Fsp3) is 0.235. The van der Waals surface area contributed by atoms with Crippen molar-refractivity contribution in [3.05, 3.63) is 69.8 Å². The van der Waals surface area contributed by atoms with Crippen LogP contribution in [-0.2, 0) is 10.5 Å². The van der Waals surface area contributed by atoms with Crippen LogP contribution in [-0.4, -0.2) is 16.1 Å². The number of rotatable bonds is 6. The molecule has 0 heterocycles. The predicted octanol–water partition coefficient (Wildman–Crippen LogP) is 4.16. The van der Waals surface area contributed by atoms with E-state index in [1.807, 2.05) is 37.3 Å². The second kappa shape index (κ2) is 7.78. The Hall–Kier alpha value is -2.34. The summed E-state index contributed by atoms with van der Waals surface area (Å²) in [7, 11) is 0. The van der Waals surface area contributed by atoms with Crippen LogP contribution >= 0.6 is 11.8 Å². The van der Waals surface area contributed by atoms with Gasteiger partial charge in [0, 0.05) is 17.9 Å². The lowest BCUT2D eigenvalue weighted by atomic mass is 10.2. The molecule has 23 heavy (non-hydrogen) atoms. The zero-order chi connectivity index (χ0) is 16.8. The van der Waals surface area contributed by atoms with E-state index in [0.717, 1.165) is 16.9 Å². The van der Waals surface area contributed by atoms with Crippen LogP contribution in [0.1, 0.15) is 18.1 Å². The van der Waals surface area contributed by atoms with Crippen LogP contribution in [0.25, 0.3) is 0 Å². The molecular formula is C17H18N2O3S. The number of nitro groups is 1. The predicted molar refractivity (Wildman–Crippen MR) is 93.7 cm³/mol. The Balaban J connectivity index is 1.98. The molecular weight excluding hydrogens is 312 g/mol. The zero-order valence-electron chi connectivity index (χ0n) is 13.0. The second-order valence-corrected chi connectivity index (χ2v) is 6.51. The number of nitro benzene ring substituents is 1. The fourth-order valence-electron chi connectivity index (χ4n) is 1.96. The first-order valence-corrected chi connectivity index (χ1v) is 8.23. The monoisotopic (exact) mass is 330 g/mol. The van der Waals surface area contributed by atoms with Crippen molar-refractivity contribution in [3.8, 4) is 0 Å². The minimum Gasteiger partial charge on any atom is -0.325 e. The highest BCUT2D eigenvalue weighted by Crippen LogP contribution is 2.24. The maximum absolute atomic E-state index is 12.3. The third-order valence-electron chi connectivity index (χ3n) is 3.40. The number of anilines is 1. The van der Waals surface area contributed by atoms with Gasteiger partial charge in [0.15, 0.2) is 0 Å². The number of thioether (sulfide) groups is 1. The number of hydrogen-bond donors (Lipinski definition) is 1. The van der Waals surface area contributed by atoms with Gasteiger partial charge in [-0.1, -0.05) is 36.4 Å². The molecule has 0 aliphatic heterocycles. The average molecular weight is 330 g/mol. The van der Waals surface area contributed by atoms with Gasteiger partial charge in [-0.3, -0.25) is 14.9 Å². The summed E-state index contributed by atoms with van der Waals surface area (Å²) >= 11 is 1.53. The Bertz CT molecular complexity index is 704. The third-order valence-corrected chi connectivity index (χ3v) is 4.62. The Morgan fingerprint density at radius 2 is 1.96 bits per heavy atom. The van der Waals surface area contributed by atoms with Gasteiger partial charge in [-0.05, 0) is 25.0 Å². The summed E-state index contributed by atoms with van der Waals surface area (Å²) < 4.78 is 0. The lowest BCUT2D eigenvalue weighted by Gasteiger charge is -2.13. The van der Waals surface area contributed by atoms with Gasteiger partial charge in [-0.15, -0.1) is 11.8 Å². The molecule has 0 aromatic heterocycles. The number of non-ortho nitro benzene ring substituents is 1. The van der Waals surface area contributed by atoms with Crippen LogP contribution in [0.5, 0.6) is 0 Å². The van der Waals surface area contributed by atoms with E-state index in [1.54, 1.807) is 13.0 Å². The number of benzene rings is 2. The van der Waals surface area contributed by atoms with E-state index >= 15 is 0 Å². The molecule has 0 aliphatic carbocycles. The van der Waals surface area contributed by atoms with Gasteiger partial charge in [0.05, 0.1) is 15.9 Å². The molecule has 1 N–H and O–H groups in total. The summed E-state index contributed by atoms with van der Waals surface area (Å²) in [4.78, 5) is 22.6. The molecule has 1 amide bonds. The number of nitrogens with one attached hydrogen (secondary N) is 1. The molecule has 120 valence electrons. The van der Waals surface area contributed by atoms with E-state index in [0.29, 0.717) is 5.69 Å². The molecule has 0 aliphatic rings. The standard InChI is InChI=1S/C17H18N2O3S/c1-12-8-9-15(19(21)22)10-16(12)18-17(20)13(2)23-11-14-6-4-3-5-7-14/h3-10,13H,11H2,1-2H3,(H,18,20)/t13-/m1/s1. The van der Waals surface area contributed by atoms with Gasteiger partial charge in [0.25, 0.3) is 5.69 Å². The molecule has 2 aromatic rings. The van der Waals surface area contributed by atoms with Crippen LogP contribution in [0.4, 0.5) is 11.4 Å². The fourth-order valence-corrected chi connectivity index (χ4v) is 2.81. The van der Waals surface area contributed by atoms with E-state index in [-0.39, 0.29) is 16.8 Å². The number of carbonyl (C=O) groups is 1. The summed E-state index contributed by atoms with van der Waals surface area (Å²) in [5.41, 5.74) is 2.40. The lowest BCUT2D eigenvalue weighted by molar-refractivity contribution is -0.384. The molecule has 0 unspecified atom stereocenters. The van der Waals surface area contributed by atoms with Gasteiger partial charge in [0.2, 0.25) is 5.91 Å². The molecule has 0 radical (unpaired) electrons. The van der Waals surface area contributed by atoms with E-state index in [9.17, 15) is 14.9 Å². The van der Waals surface area contributed by atoms with Crippen molar-refractivity contribution in [3.63, 3.8) is 0 Å². The number of amides is 1. The Morgan fingerprint density at radius 3 is 2.61 bits per heavy atom. The Kier molecular flexibility index (Phi) is 5.76. The first-order chi connectivity index (χ1) is 11.0. The van der Waals surface area contributed by atoms with Crippen molar-refractivity contribution in [2.24, 2.45) is 0 Å². The van der Waals surface area contributed by atoms with Crippen LogP contribution in [0.3, 0.4) is 0 Å². The van der Waals surface area contributed by atoms with Crippen molar-refractivity contribution >= 4 is 29.0 Å². The molecule has 0 fully saturated rings. The van der Waals surface area contributed by atoms with Gasteiger partial charge >= 0.3 is 0 Å². The van der Waals surface area contributed by atoms with Gasteiger partial charge in [0.1, 0.15) is 0 Å². The molecule has 6 heteroatoms. The number of nitrogens with zero attached hydrogens (tertiary/aromatic N) is 1. The van der Waals surface area contributed by atoms with Crippen LogP contribution < -0.4 is 5.32 Å². The van der Waals surface area contributed by atoms with Crippen LogP contribution in [0, 0.1) is 17.0 Å². The Morgan fingerprint density at radius 1 is 1.26 bits per heavy atom.